The van der Waals surface area contributed by atoms with E-state index >= 15 is 0 Å². The SMILES string of the molecule is C[NH+](CC(=O)NC(=O)NC1CCCCC1)Cc1ccc(Cl)c(Cl)c1. The molecule has 1 saturated carbocycles. The van der Waals surface area contributed by atoms with E-state index in [1.165, 1.54) is 6.42 Å². The fourth-order valence-corrected chi connectivity index (χ4v) is 3.29. The van der Waals surface area contributed by atoms with E-state index in [-0.39, 0.29) is 18.5 Å². The molecule has 5 nitrogen and oxygen atoms in total. The van der Waals surface area contributed by atoms with E-state index in [4.69, 9.17) is 23.2 Å². The molecule has 0 heterocycles. The van der Waals surface area contributed by atoms with Crippen LogP contribution in [0.15, 0.2) is 18.2 Å². The minimum Gasteiger partial charge on any atom is -0.335 e. The second kappa shape index (κ2) is 9.25. The van der Waals surface area contributed by atoms with Crippen molar-refractivity contribution >= 4 is 35.1 Å². The van der Waals surface area contributed by atoms with Crippen LogP contribution in [0.25, 0.3) is 0 Å². The number of carbonyl (C=O) groups is 2. The summed E-state index contributed by atoms with van der Waals surface area (Å²) >= 11 is 11.9. The Balaban J connectivity index is 1.74. The summed E-state index contributed by atoms with van der Waals surface area (Å²) in [6.45, 7) is 0.826. The van der Waals surface area contributed by atoms with E-state index < -0.39 is 6.03 Å². The maximum absolute atomic E-state index is 12.0. The molecule has 0 radical (unpaired) electrons. The first-order valence-corrected chi connectivity index (χ1v) is 9.05. The first-order chi connectivity index (χ1) is 11.4. The molecule has 1 atom stereocenters. The van der Waals surface area contributed by atoms with Crippen LogP contribution in [-0.4, -0.2) is 31.6 Å². The number of carbonyl (C=O) groups excluding carboxylic acids is 2. The maximum atomic E-state index is 12.0. The summed E-state index contributed by atoms with van der Waals surface area (Å²) in [4.78, 5) is 24.8. The van der Waals surface area contributed by atoms with Gasteiger partial charge in [-0.1, -0.05) is 48.5 Å². The summed E-state index contributed by atoms with van der Waals surface area (Å²) in [5.41, 5.74) is 0.987. The van der Waals surface area contributed by atoms with E-state index in [1.54, 1.807) is 12.1 Å². The summed E-state index contributed by atoms with van der Waals surface area (Å²) in [6, 6.07) is 5.21. The molecule has 0 bridgehead atoms. The number of hydrogen-bond donors (Lipinski definition) is 3. The smallest absolute Gasteiger partial charge is 0.321 e. The molecule has 132 valence electrons. The highest BCUT2D eigenvalue weighted by Gasteiger charge is 2.18. The Hall–Kier alpha value is -1.30. The Kier molecular flexibility index (Phi) is 7.34. The van der Waals surface area contributed by atoms with E-state index in [0.29, 0.717) is 16.6 Å². The Morgan fingerprint density at radius 1 is 1.17 bits per heavy atom. The van der Waals surface area contributed by atoms with Crippen molar-refractivity contribution in [3.05, 3.63) is 33.8 Å². The molecule has 2 rings (SSSR count). The second-order valence-corrected chi connectivity index (χ2v) is 7.23. The summed E-state index contributed by atoms with van der Waals surface area (Å²) in [5, 5.41) is 6.29. The molecular weight excluding hydrogens is 349 g/mol. The molecule has 1 aromatic carbocycles. The van der Waals surface area contributed by atoms with Gasteiger partial charge in [0, 0.05) is 11.6 Å². The summed E-state index contributed by atoms with van der Waals surface area (Å²) < 4.78 is 0. The molecule has 0 aliphatic heterocycles. The number of imide groups is 1. The number of amides is 3. The lowest BCUT2D eigenvalue weighted by Crippen LogP contribution is -3.09. The van der Waals surface area contributed by atoms with Gasteiger partial charge >= 0.3 is 6.03 Å². The van der Waals surface area contributed by atoms with Crippen molar-refractivity contribution in [2.24, 2.45) is 0 Å². The number of quaternary nitrogens is 1. The van der Waals surface area contributed by atoms with E-state index in [1.807, 2.05) is 13.1 Å². The van der Waals surface area contributed by atoms with Crippen LogP contribution < -0.4 is 15.5 Å². The Morgan fingerprint density at radius 3 is 2.54 bits per heavy atom. The van der Waals surface area contributed by atoms with Gasteiger partial charge in [0.15, 0.2) is 6.54 Å². The monoisotopic (exact) mass is 372 g/mol. The van der Waals surface area contributed by atoms with Crippen LogP contribution in [0.1, 0.15) is 37.7 Å². The fourth-order valence-electron chi connectivity index (χ4n) is 2.97. The van der Waals surface area contributed by atoms with Gasteiger partial charge in [-0.2, -0.15) is 0 Å². The molecule has 1 aliphatic carbocycles. The van der Waals surface area contributed by atoms with E-state index in [0.717, 1.165) is 36.1 Å². The third-order valence-electron chi connectivity index (χ3n) is 4.15. The highest BCUT2D eigenvalue weighted by atomic mass is 35.5. The minimum atomic E-state index is -0.394. The van der Waals surface area contributed by atoms with Crippen LogP contribution in [0.2, 0.25) is 10.0 Å². The second-order valence-electron chi connectivity index (χ2n) is 6.42. The molecule has 1 unspecified atom stereocenters. The minimum absolute atomic E-state index is 0.188. The van der Waals surface area contributed by atoms with Crippen LogP contribution in [0.5, 0.6) is 0 Å². The van der Waals surface area contributed by atoms with Gasteiger partial charge in [0.2, 0.25) is 0 Å². The van der Waals surface area contributed by atoms with Gasteiger partial charge < -0.3 is 10.2 Å². The average molecular weight is 373 g/mol. The first-order valence-electron chi connectivity index (χ1n) is 8.29. The number of benzene rings is 1. The first kappa shape index (κ1) is 19.0. The highest BCUT2D eigenvalue weighted by Crippen LogP contribution is 2.22. The zero-order valence-corrected chi connectivity index (χ0v) is 15.3. The predicted molar refractivity (Wildman–Crippen MR) is 95.5 cm³/mol. The number of urea groups is 1. The maximum Gasteiger partial charge on any atom is 0.321 e. The molecule has 1 aromatic rings. The Labute approximate surface area is 152 Å². The van der Waals surface area contributed by atoms with Crippen LogP contribution in [0.3, 0.4) is 0 Å². The van der Waals surface area contributed by atoms with Gasteiger partial charge in [0.1, 0.15) is 6.54 Å². The zero-order chi connectivity index (χ0) is 17.5. The van der Waals surface area contributed by atoms with E-state index in [2.05, 4.69) is 10.6 Å². The van der Waals surface area contributed by atoms with Crippen molar-refractivity contribution in [2.75, 3.05) is 13.6 Å². The van der Waals surface area contributed by atoms with Gasteiger partial charge in [-0.25, -0.2) is 4.79 Å². The molecule has 0 aromatic heterocycles. The lowest BCUT2D eigenvalue weighted by Gasteiger charge is -2.22. The molecule has 7 heteroatoms. The number of hydrogen-bond acceptors (Lipinski definition) is 2. The van der Waals surface area contributed by atoms with Crippen LogP contribution in [-0.2, 0) is 11.3 Å². The third-order valence-corrected chi connectivity index (χ3v) is 4.88. The van der Waals surface area contributed by atoms with Gasteiger partial charge in [-0.15, -0.1) is 0 Å². The molecule has 1 aliphatic rings. The standard InChI is InChI=1S/C17H23Cl2N3O2/c1-22(10-12-7-8-14(18)15(19)9-12)11-16(23)21-17(24)20-13-5-3-2-4-6-13/h7-9,13H,2-6,10-11H2,1H3,(H2,20,21,23,24)/p+1. The summed E-state index contributed by atoms with van der Waals surface area (Å²) in [5.74, 6) is -0.291. The molecule has 1 fully saturated rings. The van der Waals surface area contributed by atoms with Crippen molar-refractivity contribution in [1.29, 1.82) is 0 Å². The highest BCUT2D eigenvalue weighted by molar-refractivity contribution is 6.42. The molecule has 24 heavy (non-hydrogen) atoms. The molecule has 0 saturated heterocycles. The molecule has 3 N–H and O–H groups in total. The summed E-state index contributed by atoms with van der Waals surface area (Å²) in [6.07, 6.45) is 5.47. The predicted octanol–water partition coefficient (Wildman–Crippen LogP) is 2.17. The van der Waals surface area contributed by atoms with Gasteiger partial charge in [-0.3, -0.25) is 10.1 Å². The van der Waals surface area contributed by atoms with E-state index in [9.17, 15) is 9.59 Å². The number of likely N-dealkylation sites (N-methyl/N-ethyl adjacent to an activating group) is 1. The largest absolute Gasteiger partial charge is 0.335 e. The van der Waals surface area contributed by atoms with Crippen molar-refractivity contribution in [1.82, 2.24) is 10.6 Å². The molecule has 0 spiro atoms. The third kappa shape index (κ3) is 6.30. The summed E-state index contributed by atoms with van der Waals surface area (Å²) in [7, 11) is 1.89. The topological polar surface area (TPSA) is 62.6 Å². The lowest BCUT2D eigenvalue weighted by atomic mass is 9.96. The number of rotatable bonds is 5. The van der Waals surface area contributed by atoms with Gasteiger partial charge in [0.25, 0.3) is 5.91 Å². The fraction of sp³-hybridized carbons (Fsp3) is 0.529. The molecule has 3 amide bonds. The van der Waals surface area contributed by atoms with Crippen LogP contribution >= 0.6 is 23.2 Å². The number of halogens is 2. The van der Waals surface area contributed by atoms with Gasteiger partial charge in [0.05, 0.1) is 17.1 Å². The lowest BCUT2D eigenvalue weighted by molar-refractivity contribution is -0.885. The normalized spacial score (nSPS) is 16.5. The van der Waals surface area contributed by atoms with Crippen molar-refractivity contribution in [3.8, 4) is 0 Å². The Bertz CT molecular complexity index is 589. The average Bonchev–Trinajstić information content (AvgIpc) is 2.51. The van der Waals surface area contributed by atoms with Crippen LogP contribution in [0, 0.1) is 0 Å². The van der Waals surface area contributed by atoms with Crippen molar-refractivity contribution < 1.29 is 14.5 Å². The van der Waals surface area contributed by atoms with Crippen molar-refractivity contribution in [2.45, 2.75) is 44.7 Å². The molecular formula is C17H24Cl2N3O2+. The Morgan fingerprint density at radius 2 is 1.88 bits per heavy atom. The quantitative estimate of drug-likeness (QED) is 0.741. The zero-order valence-electron chi connectivity index (χ0n) is 13.8. The number of nitrogens with one attached hydrogen (secondary N) is 3. The van der Waals surface area contributed by atoms with Crippen LogP contribution in [0.4, 0.5) is 4.79 Å². The van der Waals surface area contributed by atoms with Crippen molar-refractivity contribution in [3.63, 3.8) is 0 Å². The van der Waals surface area contributed by atoms with Gasteiger partial charge in [-0.05, 0) is 25.0 Å².